The van der Waals surface area contributed by atoms with Gasteiger partial charge in [0.1, 0.15) is 11.9 Å². The van der Waals surface area contributed by atoms with Gasteiger partial charge in [-0.05, 0) is 42.0 Å². The van der Waals surface area contributed by atoms with Crippen LogP contribution in [0.25, 0.3) is 0 Å². The molecule has 1 atom stereocenters. The zero-order valence-corrected chi connectivity index (χ0v) is 15.4. The smallest absolute Gasteiger partial charge is 0.216 e. The lowest BCUT2D eigenvalue weighted by atomic mass is 10.2. The Labute approximate surface area is 154 Å². The van der Waals surface area contributed by atoms with Crippen LogP contribution in [0.5, 0.6) is 0 Å². The molecule has 132 valence electrons. The van der Waals surface area contributed by atoms with Gasteiger partial charge in [0.15, 0.2) is 0 Å². The zero-order chi connectivity index (χ0) is 17.9. The number of aliphatic hydroxyl groups is 1. The Hall–Kier alpha value is -1.64. The minimum atomic E-state index is -3.47. The zero-order valence-electron chi connectivity index (χ0n) is 13.1. The van der Waals surface area contributed by atoms with Gasteiger partial charge in [-0.25, -0.2) is 13.1 Å². The predicted octanol–water partition coefficient (Wildman–Crippen LogP) is 3.70. The fourth-order valence-electron chi connectivity index (χ4n) is 2.26. The average molecular weight is 398 g/mol. The van der Waals surface area contributed by atoms with Crippen molar-refractivity contribution in [1.82, 2.24) is 4.72 Å². The Morgan fingerprint density at radius 2 is 1.92 bits per heavy atom. The fraction of sp³-hybridized carbons (Fsp3) is 0.176. The van der Waals surface area contributed by atoms with Gasteiger partial charge in [0.05, 0.1) is 12.0 Å². The van der Waals surface area contributed by atoms with Crippen LogP contribution in [0.3, 0.4) is 0 Å². The molecule has 1 aromatic carbocycles. The van der Waals surface area contributed by atoms with E-state index in [1.54, 1.807) is 48.5 Å². The highest BCUT2D eigenvalue weighted by atomic mass is 35.5. The number of hydrogen-bond acceptors (Lipinski definition) is 5. The highest BCUT2D eigenvalue weighted by molar-refractivity contribution is 7.88. The van der Waals surface area contributed by atoms with Crippen LogP contribution >= 0.6 is 22.9 Å². The van der Waals surface area contributed by atoms with Crippen molar-refractivity contribution in [3.05, 3.63) is 80.9 Å². The van der Waals surface area contributed by atoms with Crippen LogP contribution in [0.15, 0.2) is 59.2 Å². The lowest BCUT2D eigenvalue weighted by molar-refractivity contribution is 0.193. The number of thiophene rings is 1. The van der Waals surface area contributed by atoms with Crippen molar-refractivity contribution in [1.29, 1.82) is 0 Å². The van der Waals surface area contributed by atoms with Crippen LogP contribution < -0.4 is 4.72 Å². The van der Waals surface area contributed by atoms with E-state index >= 15 is 0 Å². The number of nitrogens with one attached hydrogen (secondary N) is 1. The third kappa shape index (κ3) is 4.93. The van der Waals surface area contributed by atoms with Crippen molar-refractivity contribution in [2.24, 2.45) is 0 Å². The lowest BCUT2D eigenvalue weighted by Gasteiger charge is -2.06. The second kappa shape index (κ2) is 7.72. The third-order valence-corrected chi connectivity index (χ3v) is 6.19. The molecule has 25 heavy (non-hydrogen) atoms. The van der Waals surface area contributed by atoms with Crippen molar-refractivity contribution in [3.8, 4) is 0 Å². The largest absolute Gasteiger partial charge is 0.466 e. The Bertz CT molecular complexity index is 918. The van der Waals surface area contributed by atoms with Crippen LogP contribution in [0.4, 0.5) is 0 Å². The number of sulfonamides is 1. The summed E-state index contributed by atoms with van der Waals surface area (Å²) < 4.78 is 32.1. The standard InChI is InChI=1S/C17H16ClNO4S2/c18-13-5-3-12(4-6-13)11-25(21,22)19-10-14-7-8-16(24-14)17(20)15-2-1-9-23-15/h1-9,17,19-20H,10-11H2. The molecule has 0 aliphatic heterocycles. The number of hydrogen-bond donors (Lipinski definition) is 2. The molecule has 0 saturated carbocycles. The van der Waals surface area contributed by atoms with E-state index in [0.717, 1.165) is 4.88 Å². The van der Waals surface area contributed by atoms with Gasteiger partial charge in [-0.2, -0.15) is 0 Å². The normalized spacial score (nSPS) is 13.0. The van der Waals surface area contributed by atoms with Gasteiger partial charge in [0.2, 0.25) is 10.0 Å². The summed E-state index contributed by atoms with van der Waals surface area (Å²) in [5.41, 5.74) is 0.664. The molecule has 0 amide bonds. The molecular formula is C17H16ClNO4S2. The Morgan fingerprint density at radius 3 is 2.60 bits per heavy atom. The molecule has 0 radical (unpaired) electrons. The van der Waals surface area contributed by atoms with Crippen LogP contribution in [0.1, 0.15) is 27.2 Å². The summed E-state index contributed by atoms with van der Waals surface area (Å²) in [6.45, 7) is 0.172. The third-order valence-electron chi connectivity index (χ3n) is 3.50. The first-order valence-corrected chi connectivity index (χ1v) is 10.3. The van der Waals surface area contributed by atoms with Gasteiger partial charge >= 0.3 is 0 Å². The molecule has 3 rings (SSSR count). The van der Waals surface area contributed by atoms with Gasteiger partial charge in [0.25, 0.3) is 0 Å². The van der Waals surface area contributed by atoms with E-state index in [2.05, 4.69) is 4.72 Å². The van der Waals surface area contributed by atoms with E-state index < -0.39 is 16.1 Å². The van der Waals surface area contributed by atoms with Crippen LogP contribution in [0, 0.1) is 0 Å². The molecule has 2 heterocycles. The SMILES string of the molecule is O=S(=O)(Cc1ccc(Cl)cc1)NCc1ccc(C(O)c2ccco2)s1. The molecule has 0 saturated heterocycles. The van der Waals surface area contributed by atoms with E-state index in [9.17, 15) is 13.5 Å². The molecule has 0 spiro atoms. The van der Waals surface area contributed by atoms with E-state index in [4.69, 9.17) is 16.0 Å². The Balaban J connectivity index is 1.60. The van der Waals surface area contributed by atoms with Crippen LogP contribution in [-0.2, 0) is 22.3 Å². The number of halogens is 1. The molecule has 5 nitrogen and oxygen atoms in total. The van der Waals surface area contributed by atoms with Crippen molar-refractivity contribution in [3.63, 3.8) is 0 Å². The average Bonchev–Trinajstić information content (AvgIpc) is 3.26. The van der Waals surface area contributed by atoms with Gasteiger partial charge < -0.3 is 9.52 Å². The van der Waals surface area contributed by atoms with Crippen molar-refractivity contribution < 1.29 is 17.9 Å². The molecule has 0 aliphatic rings. The summed E-state index contributed by atoms with van der Waals surface area (Å²) in [4.78, 5) is 1.50. The van der Waals surface area contributed by atoms with Crippen LogP contribution in [-0.4, -0.2) is 13.5 Å². The summed E-state index contributed by atoms with van der Waals surface area (Å²) in [7, 11) is -3.47. The quantitative estimate of drug-likeness (QED) is 0.637. The van der Waals surface area contributed by atoms with Crippen molar-refractivity contribution >= 4 is 33.0 Å². The molecule has 3 aromatic rings. The summed E-state index contributed by atoms with van der Waals surface area (Å²) in [6.07, 6.45) is 0.650. The summed E-state index contributed by atoms with van der Waals surface area (Å²) >= 11 is 7.13. The Morgan fingerprint density at radius 1 is 1.16 bits per heavy atom. The molecule has 0 bridgehead atoms. The molecule has 1 unspecified atom stereocenters. The Kier molecular flexibility index (Phi) is 5.61. The number of aliphatic hydroxyl groups excluding tert-OH is 1. The van der Waals surface area contributed by atoms with E-state index in [-0.39, 0.29) is 12.3 Å². The molecule has 0 fully saturated rings. The summed E-state index contributed by atoms with van der Waals surface area (Å²) in [6, 6.07) is 13.6. The number of benzene rings is 1. The number of rotatable bonds is 7. The van der Waals surface area contributed by atoms with Gasteiger partial charge in [0, 0.05) is 21.3 Å². The summed E-state index contributed by atoms with van der Waals surface area (Å²) in [5, 5.41) is 10.8. The van der Waals surface area contributed by atoms with Gasteiger partial charge in [-0.15, -0.1) is 11.3 Å². The second-order valence-electron chi connectivity index (χ2n) is 5.43. The second-order valence-corrected chi connectivity index (χ2v) is 8.87. The van der Waals surface area contributed by atoms with E-state index in [1.807, 2.05) is 0 Å². The summed E-state index contributed by atoms with van der Waals surface area (Å²) in [5.74, 6) is 0.342. The minimum Gasteiger partial charge on any atom is -0.466 e. The molecule has 8 heteroatoms. The highest BCUT2D eigenvalue weighted by Crippen LogP contribution is 2.28. The first kappa shape index (κ1) is 18.2. The highest BCUT2D eigenvalue weighted by Gasteiger charge is 2.17. The maximum Gasteiger partial charge on any atom is 0.216 e. The maximum atomic E-state index is 12.2. The topological polar surface area (TPSA) is 79.5 Å². The maximum absolute atomic E-state index is 12.2. The lowest BCUT2D eigenvalue weighted by Crippen LogP contribution is -2.24. The predicted molar refractivity (Wildman–Crippen MR) is 98.0 cm³/mol. The molecule has 2 aromatic heterocycles. The molecular weight excluding hydrogens is 382 g/mol. The minimum absolute atomic E-state index is 0.114. The van der Waals surface area contributed by atoms with E-state index in [1.165, 1.54) is 17.6 Å². The first-order chi connectivity index (χ1) is 11.9. The van der Waals surface area contributed by atoms with E-state index in [0.29, 0.717) is 21.2 Å². The molecule has 2 N–H and O–H groups in total. The van der Waals surface area contributed by atoms with Crippen molar-refractivity contribution in [2.75, 3.05) is 0 Å². The fourth-order valence-corrected chi connectivity index (χ4v) is 4.53. The molecule has 0 aliphatic carbocycles. The van der Waals surface area contributed by atoms with Gasteiger partial charge in [-0.1, -0.05) is 23.7 Å². The van der Waals surface area contributed by atoms with Crippen molar-refractivity contribution in [2.45, 2.75) is 18.4 Å². The number of furan rings is 1. The first-order valence-electron chi connectivity index (χ1n) is 7.45. The van der Waals surface area contributed by atoms with Crippen LogP contribution in [0.2, 0.25) is 5.02 Å². The van der Waals surface area contributed by atoms with Gasteiger partial charge in [-0.3, -0.25) is 0 Å². The monoisotopic (exact) mass is 397 g/mol.